The second kappa shape index (κ2) is 6.37. The van der Waals surface area contributed by atoms with Gasteiger partial charge in [-0.1, -0.05) is 6.07 Å². The Morgan fingerprint density at radius 1 is 1.14 bits per heavy atom. The third-order valence-electron chi connectivity index (χ3n) is 2.97. The number of halogens is 1. The Kier molecular flexibility index (Phi) is 4.55. The quantitative estimate of drug-likeness (QED) is 0.858. The van der Waals surface area contributed by atoms with Gasteiger partial charge >= 0.3 is 0 Å². The van der Waals surface area contributed by atoms with E-state index in [1.165, 1.54) is 26.2 Å². The number of rotatable bonds is 5. The molecule has 0 radical (unpaired) electrons. The van der Waals surface area contributed by atoms with Gasteiger partial charge in [0.15, 0.2) is 28.8 Å². The van der Waals surface area contributed by atoms with Crippen LogP contribution in [0.1, 0.15) is 22.8 Å². The molecule has 2 aromatic rings. The summed E-state index contributed by atoms with van der Waals surface area (Å²) in [7, 11) is 1.46. The smallest absolute Gasteiger partial charge is 0.169 e. The normalized spacial score (nSPS) is 10.3. The minimum Gasteiger partial charge on any atom is -0.493 e. The van der Waals surface area contributed by atoms with Gasteiger partial charge in [-0.25, -0.2) is 4.39 Å². The van der Waals surface area contributed by atoms with Crippen LogP contribution in [0.3, 0.4) is 0 Å². The number of hydrogen-bond donors (Lipinski definition) is 1. The summed E-state index contributed by atoms with van der Waals surface area (Å²) < 4.78 is 24.5. The van der Waals surface area contributed by atoms with Crippen LogP contribution in [0, 0.1) is 5.82 Å². The summed E-state index contributed by atoms with van der Waals surface area (Å²) in [6.07, 6.45) is 0. The van der Waals surface area contributed by atoms with E-state index in [1.807, 2.05) is 0 Å². The highest BCUT2D eigenvalue weighted by Gasteiger charge is 2.12. The number of benzene rings is 2. The van der Waals surface area contributed by atoms with Crippen molar-refractivity contribution in [2.45, 2.75) is 13.5 Å². The van der Waals surface area contributed by atoms with Crippen LogP contribution in [0.4, 0.5) is 4.39 Å². The molecule has 0 saturated heterocycles. The van der Waals surface area contributed by atoms with E-state index in [0.29, 0.717) is 17.1 Å². The second-order valence-corrected chi connectivity index (χ2v) is 4.45. The molecule has 0 unspecified atom stereocenters. The fourth-order valence-electron chi connectivity index (χ4n) is 1.82. The zero-order chi connectivity index (χ0) is 15.4. The van der Waals surface area contributed by atoms with Crippen molar-refractivity contribution in [1.82, 2.24) is 0 Å². The Balaban J connectivity index is 2.32. The lowest BCUT2D eigenvalue weighted by Crippen LogP contribution is -1.97. The molecule has 0 bridgehead atoms. The number of aliphatic hydroxyl groups is 1. The maximum Gasteiger partial charge on any atom is 0.169 e. The van der Waals surface area contributed by atoms with Crippen molar-refractivity contribution in [2.75, 3.05) is 7.11 Å². The fourth-order valence-corrected chi connectivity index (χ4v) is 1.82. The van der Waals surface area contributed by atoms with Crippen LogP contribution in [0.25, 0.3) is 0 Å². The zero-order valence-corrected chi connectivity index (χ0v) is 11.7. The minimum absolute atomic E-state index is 0.00458. The van der Waals surface area contributed by atoms with E-state index < -0.39 is 5.82 Å². The lowest BCUT2D eigenvalue weighted by molar-refractivity contribution is 0.101. The predicted molar refractivity (Wildman–Crippen MR) is 75.4 cm³/mol. The summed E-state index contributed by atoms with van der Waals surface area (Å²) in [6, 6.07) is 8.87. The lowest BCUT2D eigenvalue weighted by Gasteiger charge is -2.12. The van der Waals surface area contributed by atoms with E-state index in [4.69, 9.17) is 14.6 Å². The molecular weight excluding hydrogens is 275 g/mol. The van der Waals surface area contributed by atoms with Gasteiger partial charge in [0.1, 0.15) is 0 Å². The molecule has 0 aliphatic rings. The van der Waals surface area contributed by atoms with Crippen LogP contribution in [-0.4, -0.2) is 18.0 Å². The summed E-state index contributed by atoms with van der Waals surface area (Å²) in [5, 5.41) is 9.08. The molecule has 0 heterocycles. The molecule has 0 aliphatic carbocycles. The molecular formula is C16H15FO4. The maximum absolute atomic E-state index is 13.9. The Hall–Kier alpha value is -2.40. The Morgan fingerprint density at radius 2 is 1.86 bits per heavy atom. The third-order valence-corrected chi connectivity index (χ3v) is 2.97. The van der Waals surface area contributed by atoms with Crippen LogP contribution < -0.4 is 9.47 Å². The molecule has 0 amide bonds. The van der Waals surface area contributed by atoms with Crippen LogP contribution in [0.15, 0.2) is 36.4 Å². The van der Waals surface area contributed by atoms with E-state index >= 15 is 0 Å². The third kappa shape index (κ3) is 3.38. The van der Waals surface area contributed by atoms with Gasteiger partial charge in [0.2, 0.25) is 0 Å². The number of carbonyl (C=O) groups is 1. The summed E-state index contributed by atoms with van der Waals surface area (Å²) in [4.78, 5) is 11.2. The van der Waals surface area contributed by atoms with Crippen LogP contribution in [0.5, 0.6) is 17.2 Å². The molecule has 2 aromatic carbocycles. The average Bonchev–Trinajstić information content (AvgIpc) is 2.49. The highest BCUT2D eigenvalue weighted by Crippen LogP contribution is 2.33. The van der Waals surface area contributed by atoms with E-state index in [-0.39, 0.29) is 23.7 Å². The summed E-state index contributed by atoms with van der Waals surface area (Å²) in [6.45, 7) is 1.24. The van der Waals surface area contributed by atoms with Crippen LogP contribution in [-0.2, 0) is 6.61 Å². The molecule has 5 heteroatoms. The topological polar surface area (TPSA) is 55.8 Å². The van der Waals surface area contributed by atoms with Gasteiger partial charge in [0.05, 0.1) is 13.7 Å². The summed E-state index contributed by atoms with van der Waals surface area (Å²) in [5.41, 5.74) is 0.939. The fraction of sp³-hybridized carbons (Fsp3) is 0.188. The van der Waals surface area contributed by atoms with Gasteiger partial charge in [-0.3, -0.25) is 4.79 Å². The number of carbonyl (C=O) groups excluding carboxylic acids is 1. The molecule has 110 valence electrons. The minimum atomic E-state index is -0.629. The molecule has 0 atom stereocenters. The van der Waals surface area contributed by atoms with Crippen molar-refractivity contribution in [1.29, 1.82) is 0 Å². The average molecular weight is 290 g/mol. The maximum atomic E-state index is 13.9. The number of Topliss-reactive ketones (excluding diaryl/α,β-unsaturated/α-hetero) is 1. The van der Waals surface area contributed by atoms with Crippen molar-refractivity contribution in [3.05, 3.63) is 53.3 Å². The molecule has 1 N–H and O–H groups in total. The monoisotopic (exact) mass is 290 g/mol. The molecule has 0 spiro atoms. The number of hydrogen-bond acceptors (Lipinski definition) is 4. The Bertz CT molecular complexity index is 667. The van der Waals surface area contributed by atoms with E-state index in [9.17, 15) is 9.18 Å². The first kappa shape index (κ1) is 15.0. The summed E-state index contributed by atoms with van der Waals surface area (Å²) in [5.74, 6) is -0.142. The van der Waals surface area contributed by atoms with Crippen LogP contribution in [0.2, 0.25) is 0 Å². The molecule has 0 aliphatic heterocycles. The lowest BCUT2D eigenvalue weighted by atomic mass is 10.1. The van der Waals surface area contributed by atoms with E-state index in [0.717, 1.165) is 6.07 Å². The molecule has 21 heavy (non-hydrogen) atoms. The zero-order valence-electron chi connectivity index (χ0n) is 11.7. The number of ether oxygens (including phenoxy) is 2. The predicted octanol–water partition coefficient (Wildman–Crippen LogP) is 3.32. The standard InChI is InChI=1S/C16H15FO4/c1-10(19)12-4-6-14(13(17)8-12)21-15-5-3-11(9-18)7-16(15)20-2/h3-8,18H,9H2,1-2H3. The highest BCUT2D eigenvalue weighted by molar-refractivity contribution is 5.94. The van der Waals surface area contributed by atoms with Gasteiger partial charge in [0.25, 0.3) is 0 Å². The van der Waals surface area contributed by atoms with Crippen molar-refractivity contribution in [2.24, 2.45) is 0 Å². The highest BCUT2D eigenvalue weighted by atomic mass is 19.1. The van der Waals surface area contributed by atoms with Crippen molar-refractivity contribution >= 4 is 5.78 Å². The van der Waals surface area contributed by atoms with Crippen molar-refractivity contribution in [3.8, 4) is 17.2 Å². The first-order chi connectivity index (χ1) is 10.0. The first-order valence-corrected chi connectivity index (χ1v) is 6.31. The second-order valence-electron chi connectivity index (χ2n) is 4.45. The summed E-state index contributed by atoms with van der Waals surface area (Å²) >= 11 is 0. The molecule has 0 saturated carbocycles. The van der Waals surface area contributed by atoms with Crippen LogP contribution >= 0.6 is 0 Å². The van der Waals surface area contributed by atoms with Crippen molar-refractivity contribution < 1.29 is 23.8 Å². The van der Waals surface area contributed by atoms with E-state index in [1.54, 1.807) is 18.2 Å². The Labute approximate surface area is 121 Å². The number of methoxy groups -OCH3 is 1. The first-order valence-electron chi connectivity index (χ1n) is 6.31. The SMILES string of the molecule is COc1cc(CO)ccc1Oc1ccc(C(C)=O)cc1F. The molecule has 0 aromatic heterocycles. The molecule has 0 fully saturated rings. The number of ketones is 1. The van der Waals surface area contributed by atoms with Gasteiger partial charge in [-0.2, -0.15) is 0 Å². The molecule has 4 nitrogen and oxygen atoms in total. The van der Waals surface area contributed by atoms with Gasteiger partial charge in [-0.05, 0) is 42.8 Å². The molecule has 2 rings (SSSR count). The Morgan fingerprint density at radius 3 is 2.43 bits per heavy atom. The van der Waals surface area contributed by atoms with Gasteiger partial charge in [0, 0.05) is 5.56 Å². The van der Waals surface area contributed by atoms with Gasteiger partial charge < -0.3 is 14.6 Å². The van der Waals surface area contributed by atoms with E-state index in [2.05, 4.69) is 0 Å². The van der Waals surface area contributed by atoms with Gasteiger partial charge in [-0.15, -0.1) is 0 Å². The number of aliphatic hydroxyl groups excluding tert-OH is 1. The van der Waals surface area contributed by atoms with Crippen molar-refractivity contribution in [3.63, 3.8) is 0 Å². The largest absolute Gasteiger partial charge is 0.493 e.